The predicted octanol–water partition coefficient (Wildman–Crippen LogP) is 1.38. The van der Waals surface area contributed by atoms with Crippen LogP contribution in [0.5, 0.6) is 0 Å². The molecule has 2 N–H and O–H groups in total. The van der Waals surface area contributed by atoms with E-state index < -0.39 is 0 Å². The van der Waals surface area contributed by atoms with Gasteiger partial charge in [-0.3, -0.25) is 15.0 Å². The lowest BCUT2D eigenvalue weighted by Crippen LogP contribution is -2.36. The molecule has 2 rings (SSSR count). The second kappa shape index (κ2) is 7.29. The molecule has 21 heavy (non-hydrogen) atoms. The van der Waals surface area contributed by atoms with Gasteiger partial charge >= 0.3 is 0 Å². The maximum absolute atomic E-state index is 11.9. The number of hydrogen-bond donors (Lipinski definition) is 2. The van der Waals surface area contributed by atoms with E-state index in [4.69, 9.17) is 0 Å². The number of carbonyl (C=O) groups is 1. The first-order valence-electron chi connectivity index (χ1n) is 7.43. The summed E-state index contributed by atoms with van der Waals surface area (Å²) in [5.74, 6) is 0.835. The number of aliphatic hydroxyl groups excluding tert-OH is 1. The van der Waals surface area contributed by atoms with E-state index in [0.717, 1.165) is 24.3 Å². The number of aromatic nitrogens is 2. The van der Waals surface area contributed by atoms with Crippen molar-refractivity contribution in [1.29, 1.82) is 0 Å². The van der Waals surface area contributed by atoms with Crippen molar-refractivity contribution in [2.24, 2.45) is 11.8 Å². The summed E-state index contributed by atoms with van der Waals surface area (Å²) in [7, 11) is 1.84. The minimum atomic E-state index is -0.318. The van der Waals surface area contributed by atoms with E-state index in [2.05, 4.69) is 29.4 Å². The zero-order valence-corrected chi connectivity index (χ0v) is 13.7. The van der Waals surface area contributed by atoms with Crippen LogP contribution in [0.4, 0.5) is 5.13 Å². The molecule has 1 saturated carbocycles. The van der Waals surface area contributed by atoms with Gasteiger partial charge in [0, 0.05) is 13.0 Å². The first-order valence-corrected chi connectivity index (χ1v) is 8.24. The van der Waals surface area contributed by atoms with Gasteiger partial charge in [0.05, 0.1) is 12.6 Å². The molecular weight excluding hydrogens is 288 g/mol. The Kier molecular flexibility index (Phi) is 5.66. The molecule has 0 radical (unpaired) electrons. The molecule has 0 aromatic carbocycles. The molecule has 1 fully saturated rings. The SMILES string of the molecule is CC(C)Cc1nnc(NC(=O)CN(C)CC(O)C2CC2)s1. The summed E-state index contributed by atoms with van der Waals surface area (Å²) >= 11 is 1.42. The van der Waals surface area contributed by atoms with Crippen LogP contribution >= 0.6 is 11.3 Å². The Morgan fingerprint density at radius 2 is 2.19 bits per heavy atom. The summed E-state index contributed by atoms with van der Waals surface area (Å²) in [5, 5.41) is 22.2. The molecule has 118 valence electrons. The van der Waals surface area contributed by atoms with Gasteiger partial charge in [-0.2, -0.15) is 0 Å². The van der Waals surface area contributed by atoms with E-state index in [-0.39, 0.29) is 18.6 Å². The Labute approximate surface area is 129 Å². The highest BCUT2D eigenvalue weighted by atomic mass is 32.1. The largest absolute Gasteiger partial charge is 0.392 e. The summed E-state index contributed by atoms with van der Waals surface area (Å²) in [6.45, 7) is 5.04. The third-order valence-corrected chi connectivity index (χ3v) is 4.24. The highest BCUT2D eigenvalue weighted by Gasteiger charge is 2.30. The van der Waals surface area contributed by atoms with Crippen LogP contribution in [0.1, 0.15) is 31.7 Å². The summed E-state index contributed by atoms with van der Waals surface area (Å²) < 4.78 is 0. The molecule has 0 spiro atoms. The Hall–Kier alpha value is -1.05. The maximum Gasteiger partial charge on any atom is 0.240 e. The van der Waals surface area contributed by atoms with Gasteiger partial charge in [-0.15, -0.1) is 10.2 Å². The Morgan fingerprint density at radius 1 is 1.48 bits per heavy atom. The van der Waals surface area contributed by atoms with Crippen molar-refractivity contribution in [3.8, 4) is 0 Å². The second-order valence-electron chi connectivity index (χ2n) is 6.25. The van der Waals surface area contributed by atoms with Crippen LogP contribution in [0.25, 0.3) is 0 Å². The van der Waals surface area contributed by atoms with Crippen molar-refractivity contribution < 1.29 is 9.90 Å². The summed E-state index contributed by atoms with van der Waals surface area (Å²) in [6.07, 6.45) is 2.76. The lowest BCUT2D eigenvalue weighted by Gasteiger charge is -2.19. The molecule has 1 aliphatic rings. The van der Waals surface area contributed by atoms with Gasteiger partial charge in [0.15, 0.2) is 0 Å². The minimum Gasteiger partial charge on any atom is -0.392 e. The molecular formula is C14H24N4O2S. The number of amides is 1. The Balaban J connectivity index is 1.74. The first kappa shape index (κ1) is 16.3. The van der Waals surface area contributed by atoms with Gasteiger partial charge in [-0.25, -0.2) is 0 Å². The third kappa shape index (κ3) is 5.68. The van der Waals surface area contributed by atoms with Crippen LogP contribution in [0.3, 0.4) is 0 Å². The number of anilines is 1. The molecule has 1 aromatic heterocycles. The monoisotopic (exact) mass is 312 g/mol. The zero-order chi connectivity index (χ0) is 15.4. The van der Waals surface area contributed by atoms with Gasteiger partial charge in [0.1, 0.15) is 5.01 Å². The van der Waals surface area contributed by atoms with Crippen LogP contribution in [0, 0.1) is 11.8 Å². The molecule has 1 aromatic rings. The summed E-state index contributed by atoms with van der Waals surface area (Å²) in [5.41, 5.74) is 0. The van der Waals surface area contributed by atoms with Crippen molar-refractivity contribution in [2.75, 3.05) is 25.5 Å². The van der Waals surface area contributed by atoms with Gasteiger partial charge < -0.3 is 5.11 Å². The average Bonchev–Trinajstić information content (AvgIpc) is 3.12. The maximum atomic E-state index is 11.9. The summed E-state index contributed by atoms with van der Waals surface area (Å²) in [4.78, 5) is 13.8. The number of carbonyl (C=O) groups excluding carboxylic acids is 1. The van der Waals surface area contributed by atoms with Gasteiger partial charge in [-0.1, -0.05) is 25.2 Å². The molecule has 1 aliphatic carbocycles. The average molecular weight is 312 g/mol. The molecule has 1 heterocycles. The van der Waals surface area contributed by atoms with Gasteiger partial charge in [0.2, 0.25) is 11.0 Å². The Bertz CT molecular complexity index is 473. The third-order valence-electron chi connectivity index (χ3n) is 3.37. The van der Waals surface area contributed by atoms with E-state index in [1.165, 1.54) is 11.3 Å². The number of rotatable bonds is 8. The zero-order valence-electron chi connectivity index (χ0n) is 12.9. The molecule has 0 bridgehead atoms. The molecule has 1 unspecified atom stereocenters. The smallest absolute Gasteiger partial charge is 0.240 e. The van der Waals surface area contributed by atoms with E-state index >= 15 is 0 Å². The molecule has 0 saturated heterocycles. The number of nitrogens with zero attached hydrogens (tertiary/aromatic N) is 3. The quantitative estimate of drug-likeness (QED) is 0.758. The fraction of sp³-hybridized carbons (Fsp3) is 0.786. The first-order chi connectivity index (χ1) is 9.94. The van der Waals surface area contributed by atoms with Crippen molar-refractivity contribution in [3.05, 3.63) is 5.01 Å². The standard InChI is InChI=1S/C14H24N4O2S/c1-9(2)6-13-16-17-14(21-13)15-12(20)8-18(3)7-11(19)10-4-5-10/h9-11,19H,4-8H2,1-3H3,(H,15,17,20). The number of nitrogens with one attached hydrogen (secondary N) is 1. The topological polar surface area (TPSA) is 78.4 Å². The van der Waals surface area contributed by atoms with Crippen LogP contribution in [-0.4, -0.2) is 52.4 Å². The number of hydrogen-bond acceptors (Lipinski definition) is 6. The lowest BCUT2D eigenvalue weighted by atomic mass is 10.1. The van der Waals surface area contributed by atoms with Crippen LogP contribution < -0.4 is 5.32 Å². The molecule has 1 atom stereocenters. The van der Waals surface area contributed by atoms with E-state index in [1.54, 1.807) is 0 Å². The highest BCUT2D eigenvalue weighted by Crippen LogP contribution is 2.32. The predicted molar refractivity (Wildman–Crippen MR) is 83.3 cm³/mol. The van der Waals surface area contributed by atoms with E-state index in [1.807, 2.05) is 11.9 Å². The minimum absolute atomic E-state index is 0.118. The second-order valence-corrected chi connectivity index (χ2v) is 7.31. The number of aliphatic hydroxyl groups is 1. The van der Waals surface area contributed by atoms with Gasteiger partial charge in [-0.05, 0) is 31.7 Å². The normalized spacial score (nSPS) is 16.5. The molecule has 1 amide bonds. The van der Waals surface area contributed by atoms with E-state index in [9.17, 15) is 9.90 Å². The van der Waals surface area contributed by atoms with E-state index in [0.29, 0.717) is 23.5 Å². The van der Waals surface area contributed by atoms with Crippen LogP contribution in [-0.2, 0) is 11.2 Å². The molecule has 7 heteroatoms. The lowest BCUT2D eigenvalue weighted by molar-refractivity contribution is -0.117. The fourth-order valence-corrected chi connectivity index (χ4v) is 3.12. The molecule has 0 aliphatic heterocycles. The highest BCUT2D eigenvalue weighted by molar-refractivity contribution is 7.15. The van der Waals surface area contributed by atoms with Gasteiger partial charge in [0.25, 0.3) is 0 Å². The van der Waals surface area contributed by atoms with Crippen LogP contribution in [0.2, 0.25) is 0 Å². The van der Waals surface area contributed by atoms with Crippen molar-refractivity contribution in [2.45, 2.75) is 39.2 Å². The van der Waals surface area contributed by atoms with Crippen molar-refractivity contribution in [3.63, 3.8) is 0 Å². The number of likely N-dealkylation sites (N-methyl/N-ethyl adjacent to an activating group) is 1. The summed E-state index contributed by atoms with van der Waals surface area (Å²) in [6, 6.07) is 0. The molecule has 6 nitrogen and oxygen atoms in total. The van der Waals surface area contributed by atoms with Crippen LogP contribution in [0.15, 0.2) is 0 Å². The van der Waals surface area contributed by atoms with Crippen molar-refractivity contribution in [1.82, 2.24) is 15.1 Å². The van der Waals surface area contributed by atoms with Crippen molar-refractivity contribution >= 4 is 22.4 Å². The fourth-order valence-electron chi connectivity index (χ4n) is 2.15. The Morgan fingerprint density at radius 3 is 2.81 bits per heavy atom.